The van der Waals surface area contributed by atoms with E-state index < -0.39 is 20.0 Å². The van der Waals surface area contributed by atoms with Gasteiger partial charge in [0.05, 0.1) is 22.2 Å². The van der Waals surface area contributed by atoms with Gasteiger partial charge in [0.2, 0.25) is 0 Å². The van der Waals surface area contributed by atoms with Crippen LogP contribution >= 0.6 is 0 Å². The molecule has 0 saturated carbocycles. The number of hydrogen-bond acceptors (Lipinski definition) is 6. The molecular formula is C16H18N4O4S2. The minimum atomic E-state index is -3.79. The third kappa shape index (κ3) is 5.39. The number of hydrazone groups is 2. The van der Waals surface area contributed by atoms with E-state index in [1.165, 1.54) is 24.3 Å². The van der Waals surface area contributed by atoms with Gasteiger partial charge in [-0.05, 0) is 38.1 Å². The van der Waals surface area contributed by atoms with Crippen molar-refractivity contribution >= 4 is 32.5 Å². The molecule has 0 atom stereocenters. The highest BCUT2D eigenvalue weighted by molar-refractivity contribution is 7.89. The maximum absolute atomic E-state index is 12.0. The normalized spacial score (nSPS) is 12.5. The fourth-order valence-electron chi connectivity index (χ4n) is 1.81. The van der Waals surface area contributed by atoms with Crippen molar-refractivity contribution in [3.05, 3.63) is 59.7 Å². The summed E-state index contributed by atoms with van der Waals surface area (Å²) in [7, 11) is -7.58. The first kappa shape index (κ1) is 19.6. The van der Waals surface area contributed by atoms with Crippen LogP contribution in [0, 0.1) is 13.8 Å². The molecule has 2 aromatic rings. The molecule has 0 radical (unpaired) electrons. The third-order valence-corrected chi connectivity index (χ3v) is 5.70. The predicted molar refractivity (Wildman–Crippen MR) is 100.0 cm³/mol. The molecule has 0 bridgehead atoms. The van der Waals surface area contributed by atoms with E-state index >= 15 is 0 Å². The molecule has 26 heavy (non-hydrogen) atoms. The Hall–Kier alpha value is -2.72. The van der Waals surface area contributed by atoms with Crippen molar-refractivity contribution in [3.63, 3.8) is 0 Å². The van der Waals surface area contributed by atoms with Crippen LogP contribution in [0.1, 0.15) is 11.1 Å². The first-order chi connectivity index (χ1) is 12.2. The Morgan fingerprint density at radius 2 is 0.962 bits per heavy atom. The van der Waals surface area contributed by atoms with Crippen molar-refractivity contribution in [1.29, 1.82) is 0 Å². The smallest absolute Gasteiger partial charge is 0.200 e. The summed E-state index contributed by atoms with van der Waals surface area (Å²) in [6.45, 7) is 3.69. The van der Waals surface area contributed by atoms with E-state index in [0.29, 0.717) is 0 Å². The standard InChI is InChI=1S/C16H18N4O4S2/c1-13-3-7-15(8-4-13)25(21,22)19-17-11-12-18-20-26(23,24)16-9-5-14(2)6-10-16/h3-12,19-20H,1-2H3/b17-11+,18-12+. The van der Waals surface area contributed by atoms with Crippen molar-refractivity contribution in [3.8, 4) is 0 Å². The number of nitrogens with zero attached hydrogens (tertiary/aromatic N) is 2. The summed E-state index contributed by atoms with van der Waals surface area (Å²) in [4.78, 5) is 4.14. The van der Waals surface area contributed by atoms with Crippen molar-refractivity contribution in [1.82, 2.24) is 9.66 Å². The zero-order valence-corrected chi connectivity index (χ0v) is 15.8. The molecule has 0 aliphatic heterocycles. The summed E-state index contributed by atoms with van der Waals surface area (Å²) >= 11 is 0. The van der Waals surface area contributed by atoms with Gasteiger partial charge in [-0.25, -0.2) is 9.66 Å². The third-order valence-electron chi connectivity index (χ3n) is 3.22. The average Bonchev–Trinajstić information content (AvgIpc) is 2.58. The van der Waals surface area contributed by atoms with Crippen LogP contribution in [-0.2, 0) is 20.0 Å². The maximum atomic E-state index is 12.0. The lowest BCUT2D eigenvalue weighted by atomic mass is 10.2. The van der Waals surface area contributed by atoms with E-state index in [0.717, 1.165) is 23.6 Å². The van der Waals surface area contributed by atoms with E-state index in [4.69, 9.17) is 0 Å². The lowest BCUT2D eigenvalue weighted by molar-refractivity contribution is 0.582. The van der Waals surface area contributed by atoms with Gasteiger partial charge in [0.1, 0.15) is 0 Å². The van der Waals surface area contributed by atoms with Gasteiger partial charge in [0, 0.05) is 0 Å². The van der Waals surface area contributed by atoms with E-state index in [1.807, 2.05) is 23.5 Å². The summed E-state index contributed by atoms with van der Waals surface area (Å²) in [5.41, 5.74) is 1.86. The Morgan fingerprint density at radius 3 is 1.27 bits per heavy atom. The molecule has 0 aliphatic carbocycles. The van der Waals surface area contributed by atoms with Crippen molar-refractivity contribution < 1.29 is 16.8 Å². The van der Waals surface area contributed by atoms with Crippen LogP contribution in [-0.4, -0.2) is 29.3 Å². The average molecular weight is 394 g/mol. The molecule has 138 valence electrons. The second-order valence-electron chi connectivity index (χ2n) is 5.37. The summed E-state index contributed by atoms with van der Waals surface area (Å²) in [5, 5.41) is 7.00. The topological polar surface area (TPSA) is 117 Å². The molecule has 0 heterocycles. The zero-order valence-electron chi connectivity index (χ0n) is 14.1. The van der Waals surface area contributed by atoms with Crippen LogP contribution in [0.2, 0.25) is 0 Å². The van der Waals surface area contributed by atoms with Crippen LogP contribution in [0.3, 0.4) is 0 Å². The lowest BCUT2D eigenvalue weighted by Gasteiger charge is -2.03. The highest BCUT2D eigenvalue weighted by Gasteiger charge is 2.12. The summed E-state index contributed by atoms with van der Waals surface area (Å²) < 4.78 is 47.9. The number of benzene rings is 2. The summed E-state index contributed by atoms with van der Waals surface area (Å²) in [6.07, 6.45) is 2.03. The quantitative estimate of drug-likeness (QED) is 0.547. The Labute approximate surface area is 152 Å². The van der Waals surface area contributed by atoms with Crippen LogP contribution in [0.15, 0.2) is 68.5 Å². The molecule has 2 N–H and O–H groups in total. The molecule has 10 heteroatoms. The largest absolute Gasteiger partial charge is 0.276 e. The number of sulfonamides is 2. The van der Waals surface area contributed by atoms with E-state index in [1.54, 1.807) is 24.3 Å². The van der Waals surface area contributed by atoms with Crippen molar-refractivity contribution in [2.75, 3.05) is 0 Å². The fourth-order valence-corrected chi connectivity index (χ4v) is 3.41. The maximum Gasteiger partial charge on any atom is 0.276 e. The monoisotopic (exact) mass is 394 g/mol. The van der Waals surface area contributed by atoms with Gasteiger partial charge in [-0.15, -0.1) is 0 Å². The molecule has 0 saturated heterocycles. The minimum absolute atomic E-state index is 0.0669. The SMILES string of the molecule is Cc1ccc(S(=O)(=O)N/N=C/C=N/NS(=O)(=O)c2ccc(C)cc2)cc1. The van der Waals surface area contributed by atoms with E-state index in [-0.39, 0.29) is 9.79 Å². The van der Waals surface area contributed by atoms with Crippen LogP contribution in [0.4, 0.5) is 0 Å². The van der Waals surface area contributed by atoms with E-state index in [2.05, 4.69) is 10.2 Å². The Bertz CT molecular complexity index is 925. The molecule has 2 aromatic carbocycles. The molecule has 0 amide bonds. The first-order valence-electron chi connectivity index (χ1n) is 7.42. The molecule has 8 nitrogen and oxygen atoms in total. The van der Waals surface area contributed by atoms with Crippen LogP contribution < -0.4 is 9.66 Å². The second-order valence-corrected chi connectivity index (χ2v) is 8.69. The number of rotatable bonds is 7. The van der Waals surface area contributed by atoms with Crippen molar-refractivity contribution in [2.45, 2.75) is 23.6 Å². The van der Waals surface area contributed by atoms with Gasteiger partial charge in [0.25, 0.3) is 20.0 Å². The number of hydrogen-bond donors (Lipinski definition) is 2. The molecule has 0 fully saturated rings. The minimum Gasteiger partial charge on any atom is -0.200 e. The fraction of sp³-hybridized carbons (Fsp3) is 0.125. The van der Waals surface area contributed by atoms with Crippen LogP contribution in [0.5, 0.6) is 0 Å². The Kier molecular flexibility index (Phi) is 6.11. The molecule has 0 aromatic heterocycles. The molecule has 0 unspecified atom stereocenters. The molecule has 0 aliphatic rings. The van der Waals surface area contributed by atoms with Gasteiger partial charge >= 0.3 is 0 Å². The van der Waals surface area contributed by atoms with Gasteiger partial charge in [-0.3, -0.25) is 0 Å². The molecular weight excluding hydrogens is 376 g/mol. The predicted octanol–water partition coefficient (Wildman–Crippen LogP) is 1.53. The number of aryl methyl sites for hydroxylation is 2. The zero-order chi connectivity index (χ0) is 19.2. The Morgan fingerprint density at radius 1 is 0.654 bits per heavy atom. The van der Waals surface area contributed by atoms with Crippen molar-refractivity contribution in [2.24, 2.45) is 10.2 Å². The first-order valence-corrected chi connectivity index (χ1v) is 10.4. The van der Waals surface area contributed by atoms with Gasteiger partial charge in [0.15, 0.2) is 0 Å². The van der Waals surface area contributed by atoms with Crippen LogP contribution in [0.25, 0.3) is 0 Å². The molecule has 2 rings (SSSR count). The highest BCUT2D eigenvalue weighted by atomic mass is 32.2. The molecule has 0 spiro atoms. The second kappa shape index (κ2) is 8.11. The lowest BCUT2D eigenvalue weighted by Crippen LogP contribution is -2.19. The van der Waals surface area contributed by atoms with Gasteiger partial charge < -0.3 is 0 Å². The van der Waals surface area contributed by atoms with E-state index in [9.17, 15) is 16.8 Å². The van der Waals surface area contributed by atoms with Gasteiger partial charge in [-0.2, -0.15) is 27.0 Å². The summed E-state index contributed by atoms with van der Waals surface area (Å²) in [6, 6.07) is 12.5. The van der Waals surface area contributed by atoms with Gasteiger partial charge in [-0.1, -0.05) is 35.4 Å². The number of nitrogens with one attached hydrogen (secondary N) is 2. The Balaban J connectivity index is 1.93. The summed E-state index contributed by atoms with van der Waals surface area (Å²) in [5.74, 6) is 0. The highest BCUT2D eigenvalue weighted by Crippen LogP contribution is 2.10.